The van der Waals surface area contributed by atoms with Gasteiger partial charge in [-0.25, -0.2) is 5.43 Å². The van der Waals surface area contributed by atoms with Crippen LogP contribution >= 0.6 is 0 Å². The van der Waals surface area contributed by atoms with E-state index in [2.05, 4.69) is 16.7 Å². The summed E-state index contributed by atoms with van der Waals surface area (Å²) in [4.78, 5) is 0. The molecule has 0 aliphatic heterocycles. The molecule has 0 radical (unpaired) electrons. The Morgan fingerprint density at radius 3 is 2.83 bits per heavy atom. The van der Waals surface area contributed by atoms with Gasteiger partial charge in [0.05, 0.1) is 12.7 Å². The molecule has 0 bridgehead atoms. The fourth-order valence-electron chi connectivity index (χ4n) is 0.540. The zero-order valence-corrected chi connectivity index (χ0v) is 7.10. The molecular weight excluding hydrogens is 160 g/mol. The molecule has 0 saturated carbocycles. The van der Waals surface area contributed by atoms with E-state index in [1.54, 1.807) is 0 Å². The smallest absolute Gasteiger partial charge is 0.169 e. The molecule has 0 aliphatic rings. The van der Waals surface area contributed by atoms with Gasteiger partial charge in [-0.1, -0.05) is 6.08 Å². The number of nitrogens with one attached hydrogen (secondary N) is 1. The molecule has 0 amide bonds. The average Bonchev–Trinajstić information content (AvgIpc) is 2.03. The van der Waals surface area contributed by atoms with E-state index in [1.807, 2.05) is 0 Å². The van der Waals surface area contributed by atoms with Crippen LogP contribution in [-0.4, -0.2) is 36.3 Å². The molecule has 6 nitrogen and oxygen atoms in total. The Bertz CT molecular complexity index is 133. The summed E-state index contributed by atoms with van der Waals surface area (Å²) in [6.07, 6.45) is 0.123. The summed E-state index contributed by atoms with van der Waals surface area (Å²) in [7, 11) is 1.38. The molecule has 0 saturated heterocycles. The summed E-state index contributed by atoms with van der Waals surface area (Å²) < 4.78 is 4.56. The highest BCUT2D eigenvalue weighted by molar-refractivity contribution is 4.78. The van der Waals surface area contributed by atoms with Gasteiger partial charge in [-0.3, -0.25) is 5.84 Å². The molecule has 6 N–H and O–H groups in total. The molecule has 0 aromatic rings. The minimum atomic E-state index is -0.931. The molecule has 12 heavy (non-hydrogen) atoms. The Hall–Kier alpha value is -0.500. The van der Waals surface area contributed by atoms with Crippen LogP contribution in [-0.2, 0) is 4.74 Å². The van der Waals surface area contributed by atoms with E-state index in [0.717, 1.165) is 5.12 Å². The van der Waals surface area contributed by atoms with Gasteiger partial charge in [0, 0.05) is 7.11 Å². The maximum Gasteiger partial charge on any atom is 0.169 e. The number of methoxy groups -OCH3 is 1. The van der Waals surface area contributed by atoms with Crippen molar-refractivity contribution in [2.24, 2.45) is 11.6 Å². The number of ether oxygens (including phenoxy) is 1. The van der Waals surface area contributed by atoms with E-state index in [9.17, 15) is 0 Å². The molecule has 72 valence electrons. The largest absolute Gasteiger partial charge is 0.367 e. The third-order valence-electron chi connectivity index (χ3n) is 1.19. The lowest BCUT2D eigenvalue weighted by Gasteiger charge is -2.22. The summed E-state index contributed by atoms with van der Waals surface area (Å²) in [6.45, 7) is 3.57. The van der Waals surface area contributed by atoms with Crippen molar-refractivity contribution in [1.29, 1.82) is 0 Å². The highest BCUT2D eigenvalue weighted by Crippen LogP contribution is 1.84. The molecule has 0 fully saturated rings. The molecule has 2 unspecified atom stereocenters. The topological polar surface area (TPSA) is 96.8 Å². The number of nitrogens with two attached hydrogens (primary N) is 2. The van der Waals surface area contributed by atoms with Crippen molar-refractivity contribution in [3.8, 4) is 0 Å². The SMILES string of the molecule is C=CC(N)NN(N)CC(O)OC. The van der Waals surface area contributed by atoms with Gasteiger partial charge in [0.2, 0.25) is 0 Å². The Balaban J connectivity index is 3.57. The Kier molecular flexibility index (Phi) is 5.81. The Labute approximate surface area is 71.7 Å². The van der Waals surface area contributed by atoms with Gasteiger partial charge in [-0.15, -0.1) is 6.58 Å². The summed E-state index contributed by atoms with van der Waals surface area (Å²) in [5.74, 6) is 5.38. The van der Waals surface area contributed by atoms with Crippen LogP contribution in [0, 0.1) is 0 Å². The second-order valence-electron chi connectivity index (χ2n) is 2.23. The van der Waals surface area contributed by atoms with Gasteiger partial charge >= 0.3 is 0 Å². The minimum Gasteiger partial charge on any atom is -0.367 e. The molecule has 0 aliphatic carbocycles. The van der Waals surface area contributed by atoms with E-state index in [0.29, 0.717) is 0 Å². The minimum absolute atomic E-state index is 0.123. The third-order valence-corrected chi connectivity index (χ3v) is 1.19. The first kappa shape index (κ1) is 11.5. The summed E-state index contributed by atoms with van der Waals surface area (Å²) in [5.41, 5.74) is 8.04. The highest BCUT2D eigenvalue weighted by Gasteiger charge is 2.07. The lowest BCUT2D eigenvalue weighted by atomic mass is 10.5. The van der Waals surface area contributed by atoms with E-state index >= 15 is 0 Å². The first-order valence-electron chi connectivity index (χ1n) is 3.47. The van der Waals surface area contributed by atoms with Crippen molar-refractivity contribution in [3.63, 3.8) is 0 Å². The monoisotopic (exact) mass is 176 g/mol. The quantitative estimate of drug-likeness (QED) is 0.163. The maximum atomic E-state index is 8.96. The fourth-order valence-corrected chi connectivity index (χ4v) is 0.540. The number of nitrogens with zero attached hydrogens (tertiary/aromatic N) is 1. The lowest BCUT2D eigenvalue weighted by molar-refractivity contribution is -0.0992. The number of hydrogen-bond acceptors (Lipinski definition) is 6. The van der Waals surface area contributed by atoms with Crippen LogP contribution in [0.1, 0.15) is 0 Å². The van der Waals surface area contributed by atoms with Crippen LogP contribution in [0.2, 0.25) is 0 Å². The number of hydrazine groups is 2. The number of rotatable bonds is 6. The second-order valence-corrected chi connectivity index (χ2v) is 2.23. The number of aliphatic hydroxyl groups is 1. The fraction of sp³-hybridized carbons (Fsp3) is 0.667. The second kappa shape index (κ2) is 6.06. The normalized spacial score (nSPS) is 16.1. The highest BCUT2D eigenvalue weighted by atomic mass is 16.6. The van der Waals surface area contributed by atoms with Crippen molar-refractivity contribution >= 4 is 0 Å². The standard InChI is InChI=1S/C6H16N4O2/c1-3-5(7)9-10(8)4-6(11)12-2/h3,5-6,9,11H,1,4,7-8H2,2H3. The number of aliphatic hydroxyl groups excluding tert-OH is 1. The predicted molar refractivity (Wildman–Crippen MR) is 45.2 cm³/mol. The van der Waals surface area contributed by atoms with Crippen LogP contribution < -0.4 is 17.0 Å². The Morgan fingerprint density at radius 2 is 2.42 bits per heavy atom. The summed E-state index contributed by atoms with van der Waals surface area (Å²) >= 11 is 0. The molecule has 0 spiro atoms. The van der Waals surface area contributed by atoms with E-state index in [4.69, 9.17) is 16.7 Å². The first-order chi connectivity index (χ1) is 5.60. The molecule has 0 rings (SSSR count). The van der Waals surface area contributed by atoms with Crippen LogP contribution in [0.5, 0.6) is 0 Å². The van der Waals surface area contributed by atoms with Gasteiger partial charge in [-0.2, -0.15) is 5.12 Å². The lowest BCUT2D eigenvalue weighted by Crippen LogP contribution is -2.54. The molecule has 2 atom stereocenters. The van der Waals surface area contributed by atoms with Crippen molar-refractivity contribution < 1.29 is 9.84 Å². The van der Waals surface area contributed by atoms with Crippen LogP contribution in [0.15, 0.2) is 12.7 Å². The van der Waals surface area contributed by atoms with Gasteiger partial charge in [0.15, 0.2) is 6.29 Å². The molecule has 6 heteroatoms. The van der Waals surface area contributed by atoms with Gasteiger partial charge in [0.25, 0.3) is 0 Å². The van der Waals surface area contributed by atoms with Crippen LogP contribution in [0.25, 0.3) is 0 Å². The van der Waals surface area contributed by atoms with Gasteiger partial charge in [0.1, 0.15) is 0 Å². The van der Waals surface area contributed by atoms with E-state index in [-0.39, 0.29) is 6.54 Å². The summed E-state index contributed by atoms with van der Waals surface area (Å²) in [5, 5.41) is 10.1. The van der Waals surface area contributed by atoms with E-state index in [1.165, 1.54) is 13.2 Å². The number of hydrogen-bond donors (Lipinski definition) is 4. The van der Waals surface area contributed by atoms with Crippen molar-refractivity contribution in [3.05, 3.63) is 12.7 Å². The summed E-state index contributed by atoms with van der Waals surface area (Å²) in [6, 6.07) is 0. The molecular formula is C6H16N4O2. The molecule has 0 aromatic heterocycles. The van der Waals surface area contributed by atoms with Crippen molar-refractivity contribution in [2.75, 3.05) is 13.7 Å². The molecule has 0 aromatic carbocycles. The van der Waals surface area contributed by atoms with Gasteiger partial charge < -0.3 is 15.6 Å². The molecule has 0 heterocycles. The zero-order chi connectivity index (χ0) is 9.56. The van der Waals surface area contributed by atoms with Crippen molar-refractivity contribution in [1.82, 2.24) is 10.5 Å². The van der Waals surface area contributed by atoms with Crippen LogP contribution in [0.4, 0.5) is 0 Å². The average molecular weight is 176 g/mol. The zero-order valence-electron chi connectivity index (χ0n) is 7.10. The Morgan fingerprint density at radius 1 is 1.83 bits per heavy atom. The third kappa shape index (κ3) is 5.19. The van der Waals surface area contributed by atoms with Crippen LogP contribution in [0.3, 0.4) is 0 Å². The van der Waals surface area contributed by atoms with Gasteiger partial charge in [-0.05, 0) is 0 Å². The predicted octanol–water partition coefficient (Wildman–Crippen LogP) is -1.90. The first-order valence-corrected chi connectivity index (χ1v) is 3.47. The van der Waals surface area contributed by atoms with Crippen molar-refractivity contribution in [2.45, 2.75) is 12.5 Å². The maximum absolute atomic E-state index is 8.96. The van der Waals surface area contributed by atoms with E-state index < -0.39 is 12.5 Å².